The second-order valence-electron chi connectivity index (χ2n) is 6.02. The van der Waals surface area contributed by atoms with Gasteiger partial charge in [0.2, 0.25) is 16.0 Å². The molecule has 0 unspecified atom stereocenters. The molecule has 0 amide bonds. The van der Waals surface area contributed by atoms with Crippen molar-refractivity contribution in [2.75, 3.05) is 24.7 Å². The van der Waals surface area contributed by atoms with Crippen molar-refractivity contribution in [1.82, 2.24) is 24.5 Å². The quantitative estimate of drug-likeness (QED) is 0.824. The fraction of sp³-hybridized carbons (Fsp3) is 0.500. The van der Waals surface area contributed by atoms with Gasteiger partial charge in [0, 0.05) is 37.1 Å². The SMILES string of the molecule is CS(=O)(=O)N1CCC(Nc2ncc(C(F)(F)F)c(-c3cn[nH]c3)n2)CC1. The van der Waals surface area contributed by atoms with Gasteiger partial charge in [-0.15, -0.1) is 0 Å². The molecule has 3 rings (SSSR count). The fourth-order valence-electron chi connectivity index (χ4n) is 2.77. The normalized spacial score (nSPS) is 17.4. The molecule has 26 heavy (non-hydrogen) atoms. The second-order valence-corrected chi connectivity index (χ2v) is 8.00. The lowest BCUT2D eigenvalue weighted by Crippen LogP contribution is -2.42. The zero-order valence-electron chi connectivity index (χ0n) is 13.8. The molecule has 0 spiro atoms. The van der Waals surface area contributed by atoms with E-state index in [0.29, 0.717) is 25.9 Å². The standard InChI is InChI=1S/C14H17F3N6O2S/c1-26(24,25)23-4-2-10(3-5-23)21-13-18-8-11(14(15,16)17)12(22-13)9-6-19-20-7-9/h6-8,10H,2-5H2,1H3,(H,19,20)(H,18,21,22). The molecule has 3 heterocycles. The van der Waals surface area contributed by atoms with Crippen molar-refractivity contribution in [2.45, 2.75) is 25.1 Å². The van der Waals surface area contributed by atoms with Crippen LogP contribution < -0.4 is 5.32 Å². The highest BCUT2D eigenvalue weighted by Gasteiger charge is 2.36. The minimum absolute atomic E-state index is 0.0620. The highest BCUT2D eigenvalue weighted by atomic mass is 32.2. The molecule has 0 atom stereocenters. The van der Waals surface area contributed by atoms with Gasteiger partial charge >= 0.3 is 6.18 Å². The van der Waals surface area contributed by atoms with E-state index in [4.69, 9.17) is 0 Å². The van der Waals surface area contributed by atoms with Gasteiger partial charge in [0.1, 0.15) is 5.56 Å². The van der Waals surface area contributed by atoms with E-state index in [9.17, 15) is 21.6 Å². The van der Waals surface area contributed by atoms with E-state index >= 15 is 0 Å². The minimum atomic E-state index is -4.59. The molecule has 1 aliphatic rings. The van der Waals surface area contributed by atoms with Crippen LogP contribution in [0, 0.1) is 0 Å². The molecule has 12 heteroatoms. The lowest BCUT2D eigenvalue weighted by molar-refractivity contribution is -0.137. The number of nitrogens with zero attached hydrogens (tertiary/aromatic N) is 4. The number of piperidine rings is 1. The van der Waals surface area contributed by atoms with Crippen LogP contribution in [-0.4, -0.2) is 58.3 Å². The Bertz CT molecular complexity index is 861. The topological polar surface area (TPSA) is 104 Å². The third-order valence-electron chi connectivity index (χ3n) is 4.12. The zero-order chi connectivity index (χ0) is 18.9. The van der Waals surface area contributed by atoms with Crippen LogP contribution in [0.2, 0.25) is 0 Å². The summed E-state index contributed by atoms with van der Waals surface area (Å²) in [5.74, 6) is 0.0620. The summed E-state index contributed by atoms with van der Waals surface area (Å²) in [6.45, 7) is 0.678. The first-order valence-electron chi connectivity index (χ1n) is 7.79. The number of alkyl halides is 3. The molecule has 1 fully saturated rings. The third kappa shape index (κ3) is 4.12. The summed E-state index contributed by atoms with van der Waals surface area (Å²) in [6, 6.07) is -0.123. The third-order valence-corrected chi connectivity index (χ3v) is 5.43. The molecule has 1 aliphatic heterocycles. The Kier molecular flexibility index (Phi) is 4.88. The molecule has 0 bridgehead atoms. The number of anilines is 1. The molecule has 142 valence electrons. The Morgan fingerprint density at radius 1 is 1.27 bits per heavy atom. The van der Waals surface area contributed by atoms with Crippen molar-refractivity contribution in [1.29, 1.82) is 0 Å². The molecular weight excluding hydrogens is 373 g/mol. The number of aromatic amines is 1. The number of nitrogens with one attached hydrogen (secondary N) is 2. The van der Waals surface area contributed by atoms with Gasteiger partial charge in [-0.25, -0.2) is 22.7 Å². The molecule has 2 aromatic heterocycles. The molecular formula is C14H17F3N6O2S. The van der Waals surface area contributed by atoms with Crippen LogP contribution in [0.4, 0.5) is 19.1 Å². The maximum atomic E-state index is 13.2. The average molecular weight is 390 g/mol. The maximum Gasteiger partial charge on any atom is 0.419 e. The number of H-pyrrole nitrogens is 1. The van der Waals surface area contributed by atoms with Crippen LogP contribution in [0.3, 0.4) is 0 Å². The maximum absolute atomic E-state index is 13.2. The first-order valence-corrected chi connectivity index (χ1v) is 9.64. The number of hydrogen-bond acceptors (Lipinski definition) is 6. The van der Waals surface area contributed by atoms with Crippen LogP contribution >= 0.6 is 0 Å². The Balaban J connectivity index is 1.79. The van der Waals surface area contributed by atoms with Crippen molar-refractivity contribution in [3.8, 4) is 11.3 Å². The largest absolute Gasteiger partial charge is 0.419 e. The zero-order valence-corrected chi connectivity index (χ0v) is 14.6. The van der Waals surface area contributed by atoms with Crippen LogP contribution in [-0.2, 0) is 16.2 Å². The summed E-state index contributed by atoms with van der Waals surface area (Å²) in [5.41, 5.74) is -1.01. The van der Waals surface area contributed by atoms with E-state index < -0.39 is 21.8 Å². The van der Waals surface area contributed by atoms with Gasteiger partial charge in [0.05, 0.1) is 18.1 Å². The molecule has 2 N–H and O–H groups in total. The second kappa shape index (κ2) is 6.83. The molecule has 0 radical (unpaired) electrons. The molecule has 0 aromatic carbocycles. The van der Waals surface area contributed by atoms with Crippen LogP contribution in [0.5, 0.6) is 0 Å². The highest BCUT2D eigenvalue weighted by Crippen LogP contribution is 2.35. The van der Waals surface area contributed by atoms with Crippen molar-refractivity contribution in [3.63, 3.8) is 0 Å². The van der Waals surface area contributed by atoms with Crippen molar-refractivity contribution in [2.24, 2.45) is 0 Å². The number of sulfonamides is 1. The summed E-state index contributed by atoms with van der Waals surface area (Å²) < 4.78 is 64.0. The lowest BCUT2D eigenvalue weighted by atomic mass is 10.1. The number of aromatic nitrogens is 4. The van der Waals surface area contributed by atoms with E-state index in [1.807, 2.05) is 0 Å². The molecule has 2 aromatic rings. The van der Waals surface area contributed by atoms with E-state index in [0.717, 1.165) is 12.5 Å². The van der Waals surface area contributed by atoms with E-state index in [1.54, 1.807) is 0 Å². The van der Waals surface area contributed by atoms with Gasteiger partial charge in [-0.2, -0.15) is 18.3 Å². The smallest absolute Gasteiger partial charge is 0.351 e. The Morgan fingerprint density at radius 3 is 2.50 bits per heavy atom. The van der Waals surface area contributed by atoms with Gasteiger partial charge in [0.15, 0.2) is 0 Å². The monoisotopic (exact) mass is 390 g/mol. The molecule has 1 saturated heterocycles. The highest BCUT2D eigenvalue weighted by molar-refractivity contribution is 7.88. The summed E-state index contributed by atoms with van der Waals surface area (Å²) in [4.78, 5) is 7.78. The molecule has 0 saturated carbocycles. The number of hydrogen-bond donors (Lipinski definition) is 2. The number of halogens is 3. The Labute approximate surface area is 147 Å². The van der Waals surface area contributed by atoms with Crippen molar-refractivity contribution >= 4 is 16.0 Å². The average Bonchev–Trinajstić information content (AvgIpc) is 3.08. The van der Waals surface area contributed by atoms with E-state index in [1.165, 1.54) is 16.7 Å². The number of rotatable bonds is 4. The lowest BCUT2D eigenvalue weighted by Gasteiger charge is -2.30. The van der Waals surface area contributed by atoms with Gasteiger partial charge in [-0.05, 0) is 12.8 Å². The molecule has 0 aliphatic carbocycles. The Hall–Kier alpha value is -2.21. The summed E-state index contributed by atoms with van der Waals surface area (Å²) in [5, 5.41) is 9.12. The van der Waals surface area contributed by atoms with Gasteiger partial charge < -0.3 is 5.32 Å². The summed E-state index contributed by atoms with van der Waals surface area (Å²) in [7, 11) is -3.24. The van der Waals surface area contributed by atoms with Crippen LogP contribution in [0.15, 0.2) is 18.6 Å². The van der Waals surface area contributed by atoms with Gasteiger partial charge in [0.25, 0.3) is 0 Å². The predicted molar refractivity (Wildman–Crippen MR) is 87.7 cm³/mol. The van der Waals surface area contributed by atoms with Crippen molar-refractivity contribution in [3.05, 3.63) is 24.2 Å². The first-order chi connectivity index (χ1) is 12.1. The van der Waals surface area contributed by atoms with Gasteiger partial charge in [-0.1, -0.05) is 0 Å². The summed E-state index contributed by atoms with van der Waals surface area (Å²) >= 11 is 0. The predicted octanol–water partition coefficient (Wildman–Crippen LogP) is 1.72. The van der Waals surface area contributed by atoms with Crippen LogP contribution in [0.1, 0.15) is 18.4 Å². The molecule has 8 nitrogen and oxygen atoms in total. The summed E-state index contributed by atoms with van der Waals surface area (Å²) in [6.07, 6.45) is 0.904. The van der Waals surface area contributed by atoms with E-state index in [2.05, 4.69) is 25.5 Å². The van der Waals surface area contributed by atoms with Crippen molar-refractivity contribution < 1.29 is 21.6 Å². The van der Waals surface area contributed by atoms with Crippen LogP contribution in [0.25, 0.3) is 11.3 Å². The first kappa shape index (κ1) is 18.6. The van der Waals surface area contributed by atoms with Gasteiger partial charge in [-0.3, -0.25) is 5.10 Å². The van der Waals surface area contributed by atoms with E-state index in [-0.39, 0.29) is 23.2 Å². The Morgan fingerprint density at radius 2 is 1.96 bits per heavy atom. The fourth-order valence-corrected chi connectivity index (χ4v) is 3.65. The minimum Gasteiger partial charge on any atom is -0.351 e.